The van der Waals surface area contributed by atoms with Crippen molar-refractivity contribution >= 4 is 35.1 Å². The molecule has 0 saturated carbocycles. The van der Waals surface area contributed by atoms with E-state index in [2.05, 4.69) is 10.6 Å². The van der Waals surface area contributed by atoms with Crippen LogP contribution >= 0.6 is 11.6 Å². The minimum absolute atomic E-state index is 0.0536. The quantitative estimate of drug-likeness (QED) is 0.777. The molecule has 0 bridgehead atoms. The predicted molar refractivity (Wildman–Crippen MR) is 68.2 cm³/mol. The number of rotatable bonds is 3. The number of halogens is 1. The zero-order chi connectivity index (χ0) is 14.0. The van der Waals surface area contributed by atoms with Crippen LogP contribution in [0.25, 0.3) is 0 Å². The number of carboxylic acids is 1. The molecule has 2 amide bonds. The van der Waals surface area contributed by atoms with Gasteiger partial charge in [-0.15, -0.1) is 0 Å². The molecule has 3 N–H and O–H groups in total. The van der Waals surface area contributed by atoms with Gasteiger partial charge in [0.05, 0.1) is 11.3 Å². The Kier molecular flexibility index (Phi) is 3.71. The van der Waals surface area contributed by atoms with E-state index in [9.17, 15) is 14.4 Å². The van der Waals surface area contributed by atoms with Crippen molar-refractivity contribution in [1.29, 1.82) is 0 Å². The van der Waals surface area contributed by atoms with Crippen molar-refractivity contribution in [2.45, 2.75) is 18.9 Å². The summed E-state index contributed by atoms with van der Waals surface area (Å²) < 4.78 is 0. The van der Waals surface area contributed by atoms with Crippen molar-refractivity contribution in [3.63, 3.8) is 0 Å². The van der Waals surface area contributed by atoms with Gasteiger partial charge in [-0.3, -0.25) is 9.59 Å². The lowest BCUT2D eigenvalue weighted by molar-refractivity contribution is -0.122. The first kappa shape index (κ1) is 13.4. The van der Waals surface area contributed by atoms with Gasteiger partial charge in [-0.05, 0) is 24.6 Å². The fraction of sp³-hybridized carbons (Fsp3) is 0.250. The number of benzene rings is 1. The van der Waals surface area contributed by atoms with Crippen LogP contribution in [0.1, 0.15) is 23.2 Å². The second-order valence-corrected chi connectivity index (χ2v) is 4.58. The second kappa shape index (κ2) is 5.27. The van der Waals surface area contributed by atoms with Gasteiger partial charge in [0.2, 0.25) is 11.8 Å². The number of carbonyl (C=O) groups excluding carboxylic acids is 2. The van der Waals surface area contributed by atoms with Gasteiger partial charge in [0, 0.05) is 11.4 Å². The molecule has 0 aliphatic carbocycles. The molecule has 1 heterocycles. The third kappa shape index (κ3) is 3.03. The minimum Gasteiger partial charge on any atom is -0.478 e. The third-order valence-corrected chi connectivity index (χ3v) is 3.02. The number of carboxylic acid groups (broad SMARTS) is 1. The smallest absolute Gasteiger partial charge is 0.337 e. The van der Waals surface area contributed by atoms with Crippen LogP contribution in [0.3, 0.4) is 0 Å². The summed E-state index contributed by atoms with van der Waals surface area (Å²) in [6.45, 7) is 0. The first-order chi connectivity index (χ1) is 8.97. The van der Waals surface area contributed by atoms with E-state index in [0.29, 0.717) is 17.9 Å². The number of hydrogen-bond acceptors (Lipinski definition) is 3. The van der Waals surface area contributed by atoms with E-state index in [4.69, 9.17) is 16.7 Å². The van der Waals surface area contributed by atoms with Crippen LogP contribution in [-0.2, 0) is 9.59 Å². The lowest BCUT2D eigenvalue weighted by Gasteiger charge is -2.13. The van der Waals surface area contributed by atoms with Crippen molar-refractivity contribution in [3.8, 4) is 0 Å². The van der Waals surface area contributed by atoms with E-state index in [1.54, 1.807) is 0 Å². The molecule has 1 fully saturated rings. The summed E-state index contributed by atoms with van der Waals surface area (Å²) in [5.74, 6) is -1.80. The highest BCUT2D eigenvalue weighted by molar-refractivity contribution is 6.31. The molecule has 0 radical (unpaired) electrons. The largest absolute Gasteiger partial charge is 0.478 e. The zero-order valence-electron chi connectivity index (χ0n) is 9.77. The summed E-state index contributed by atoms with van der Waals surface area (Å²) in [7, 11) is 0. The van der Waals surface area contributed by atoms with E-state index in [0.717, 1.165) is 0 Å². The summed E-state index contributed by atoms with van der Waals surface area (Å²) in [5.41, 5.74) is 0.0632. The monoisotopic (exact) mass is 282 g/mol. The first-order valence-electron chi connectivity index (χ1n) is 5.60. The van der Waals surface area contributed by atoms with Crippen LogP contribution in [0, 0.1) is 0 Å². The van der Waals surface area contributed by atoms with E-state index < -0.39 is 17.9 Å². The molecule has 0 spiro atoms. The van der Waals surface area contributed by atoms with E-state index in [1.807, 2.05) is 0 Å². The molecule has 1 unspecified atom stereocenters. The number of nitrogens with one attached hydrogen (secondary N) is 2. The normalized spacial score (nSPS) is 17.9. The standard InChI is InChI=1S/C12H11ClN2O4/c13-6-1-2-7(12(18)19)9(5-6)15-11(17)8-3-4-10(16)14-8/h1-2,5,8H,3-4H2,(H,14,16)(H,15,17)(H,18,19). The highest BCUT2D eigenvalue weighted by Crippen LogP contribution is 2.22. The maximum absolute atomic E-state index is 11.9. The minimum atomic E-state index is -1.16. The fourth-order valence-corrected chi connectivity index (χ4v) is 2.01. The first-order valence-corrected chi connectivity index (χ1v) is 5.98. The molecular weight excluding hydrogens is 272 g/mol. The predicted octanol–water partition coefficient (Wildman–Crippen LogP) is 1.26. The summed E-state index contributed by atoms with van der Waals surface area (Å²) in [6, 6.07) is 3.47. The maximum atomic E-state index is 11.9. The Morgan fingerprint density at radius 2 is 2.16 bits per heavy atom. The maximum Gasteiger partial charge on any atom is 0.337 e. The van der Waals surface area contributed by atoms with Crippen molar-refractivity contribution in [3.05, 3.63) is 28.8 Å². The molecule has 1 aromatic rings. The molecule has 19 heavy (non-hydrogen) atoms. The SMILES string of the molecule is O=C1CCC(C(=O)Nc2cc(Cl)ccc2C(=O)O)N1. The van der Waals surface area contributed by atoms with Crippen LogP contribution in [0.5, 0.6) is 0 Å². The lowest BCUT2D eigenvalue weighted by atomic mass is 10.1. The average molecular weight is 283 g/mol. The topological polar surface area (TPSA) is 95.5 Å². The Balaban J connectivity index is 2.18. The molecule has 1 aromatic carbocycles. The molecule has 100 valence electrons. The Bertz CT molecular complexity index is 559. The van der Waals surface area contributed by atoms with Gasteiger partial charge >= 0.3 is 5.97 Å². The molecule has 1 atom stereocenters. The number of amides is 2. The highest BCUT2D eigenvalue weighted by atomic mass is 35.5. The second-order valence-electron chi connectivity index (χ2n) is 4.14. The van der Waals surface area contributed by atoms with Crippen molar-refractivity contribution in [2.75, 3.05) is 5.32 Å². The van der Waals surface area contributed by atoms with Gasteiger partial charge < -0.3 is 15.7 Å². The van der Waals surface area contributed by atoms with E-state index in [-0.39, 0.29) is 17.2 Å². The summed E-state index contributed by atoms with van der Waals surface area (Å²) in [5, 5.41) is 14.3. The Labute approximate surface area is 113 Å². The molecule has 1 aliphatic rings. The molecule has 6 nitrogen and oxygen atoms in total. The van der Waals surface area contributed by atoms with Gasteiger partial charge in [-0.1, -0.05) is 11.6 Å². The summed E-state index contributed by atoms with van der Waals surface area (Å²) in [6.07, 6.45) is 0.688. The van der Waals surface area contributed by atoms with Gasteiger partial charge in [-0.25, -0.2) is 4.79 Å². The van der Waals surface area contributed by atoms with Crippen LogP contribution in [0.2, 0.25) is 5.02 Å². The van der Waals surface area contributed by atoms with Crippen LogP contribution in [-0.4, -0.2) is 28.9 Å². The fourth-order valence-electron chi connectivity index (χ4n) is 1.84. The van der Waals surface area contributed by atoms with E-state index in [1.165, 1.54) is 18.2 Å². The Morgan fingerprint density at radius 3 is 2.74 bits per heavy atom. The van der Waals surface area contributed by atoms with Gasteiger partial charge in [-0.2, -0.15) is 0 Å². The Morgan fingerprint density at radius 1 is 1.42 bits per heavy atom. The van der Waals surface area contributed by atoms with Crippen LogP contribution in [0.15, 0.2) is 18.2 Å². The van der Waals surface area contributed by atoms with Crippen LogP contribution < -0.4 is 10.6 Å². The number of carbonyl (C=O) groups is 3. The zero-order valence-corrected chi connectivity index (χ0v) is 10.5. The van der Waals surface area contributed by atoms with Crippen molar-refractivity contribution in [1.82, 2.24) is 5.32 Å². The molecular formula is C12H11ClN2O4. The summed E-state index contributed by atoms with van der Waals surface area (Å²) >= 11 is 5.77. The van der Waals surface area contributed by atoms with Crippen LogP contribution in [0.4, 0.5) is 5.69 Å². The number of anilines is 1. The van der Waals surface area contributed by atoms with Gasteiger partial charge in [0.1, 0.15) is 6.04 Å². The molecule has 7 heteroatoms. The van der Waals surface area contributed by atoms with E-state index >= 15 is 0 Å². The van der Waals surface area contributed by atoms with Crippen molar-refractivity contribution < 1.29 is 19.5 Å². The number of hydrogen-bond donors (Lipinski definition) is 3. The third-order valence-electron chi connectivity index (χ3n) is 2.78. The van der Waals surface area contributed by atoms with Gasteiger partial charge in [0.25, 0.3) is 0 Å². The Hall–Kier alpha value is -2.08. The van der Waals surface area contributed by atoms with Crippen molar-refractivity contribution in [2.24, 2.45) is 0 Å². The average Bonchev–Trinajstić information content (AvgIpc) is 2.75. The lowest BCUT2D eigenvalue weighted by Crippen LogP contribution is -2.37. The molecule has 0 aromatic heterocycles. The molecule has 1 saturated heterocycles. The molecule has 2 rings (SSSR count). The molecule has 1 aliphatic heterocycles. The highest BCUT2D eigenvalue weighted by Gasteiger charge is 2.27. The summed E-state index contributed by atoms with van der Waals surface area (Å²) in [4.78, 5) is 33.9. The number of aromatic carboxylic acids is 1. The van der Waals surface area contributed by atoms with Gasteiger partial charge in [0.15, 0.2) is 0 Å².